The van der Waals surface area contributed by atoms with Crippen molar-refractivity contribution in [2.24, 2.45) is 0 Å². The van der Waals surface area contributed by atoms with E-state index in [2.05, 4.69) is 55.1 Å². The third kappa shape index (κ3) is 2.62. The van der Waals surface area contributed by atoms with Gasteiger partial charge in [0.25, 0.3) is 0 Å². The van der Waals surface area contributed by atoms with Crippen molar-refractivity contribution in [3.05, 3.63) is 35.5 Å². The molecule has 0 radical (unpaired) electrons. The summed E-state index contributed by atoms with van der Waals surface area (Å²) in [5.41, 5.74) is 4.16. The molecule has 0 amide bonds. The first-order chi connectivity index (χ1) is 9.65. The SMILES string of the molecule is Cc1ccc2c(CNC3CCCC3)cn(C(C)C)c2c1. The normalized spacial score (nSPS) is 16.6. The van der Waals surface area contributed by atoms with E-state index >= 15 is 0 Å². The summed E-state index contributed by atoms with van der Waals surface area (Å²) in [6, 6.07) is 8.08. The number of hydrogen-bond acceptors (Lipinski definition) is 1. The van der Waals surface area contributed by atoms with Crippen LogP contribution < -0.4 is 5.32 Å². The predicted molar refractivity (Wildman–Crippen MR) is 86.2 cm³/mol. The molecule has 1 fully saturated rings. The zero-order valence-corrected chi connectivity index (χ0v) is 12.9. The van der Waals surface area contributed by atoms with Crippen molar-refractivity contribution in [2.45, 2.75) is 65.1 Å². The van der Waals surface area contributed by atoms with Crippen LogP contribution in [0.15, 0.2) is 24.4 Å². The van der Waals surface area contributed by atoms with Crippen LogP contribution in [0.25, 0.3) is 10.9 Å². The zero-order valence-electron chi connectivity index (χ0n) is 12.9. The lowest BCUT2D eigenvalue weighted by atomic mass is 10.1. The van der Waals surface area contributed by atoms with Crippen LogP contribution in [-0.4, -0.2) is 10.6 Å². The van der Waals surface area contributed by atoms with Gasteiger partial charge < -0.3 is 9.88 Å². The fraction of sp³-hybridized carbons (Fsp3) is 0.556. The highest BCUT2D eigenvalue weighted by molar-refractivity contribution is 5.84. The molecule has 0 spiro atoms. The Kier molecular flexibility index (Phi) is 3.84. The number of aromatic nitrogens is 1. The van der Waals surface area contributed by atoms with Crippen LogP contribution in [-0.2, 0) is 6.54 Å². The van der Waals surface area contributed by atoms with Gasteiger partial charge in [-0.1, -0.05) is 25.0 Å². The van der Waals surface area contributed by atoms with Crippen LogP contribution in [0.3, 0.4) is 0 Å². The van der Waals surface area contributed by atoms with Gasteiger partial charge in [0, 0.05) is 35.7 Å². The maximum atomic E-state index is 3.74. The van der Waals surface area contributed by atoms with Crippen molar-refractivity contribution in [2.75, 3.05) is 0 Å². The van der Waals surface area contributed by atoms with Gasteiger partial charge in [0.05, 0.1) is 0 Å². The van der Waals surface area contributed by atoms with Gasteiger partial charge in [-0.15, -0.1) is 0 Å². The van der Waals surface area contributed by atoms with E-state index in [9.17, 15) is 0 Å². The van der Waals surface area contributed by atoms with Gasteiger partial charge in [-0.05, 0) is 50.8 Å². The molecule has 1 heterocycles. The fourth-order valence-electron chi connectivity index (χ4n) is 3.39. The van der Waals surface area contributed by atoms with Crippen LogP contribution in [0, 0.1) is 6.92 Å². The molecule has 1 aromatic carbocycles. The summed E-state index contributed by atoms with van der Waals surface area (Å²) in [6.45, 7) is 7.70. The highest BCUT2D eigenvalue weighted by Crippen LogP contribution is 2.26. The summed E-state index contributed by atoms with van der Waals surface area (Å²) < 4.78 is 2.41. The Hall–Kier alpha value is -1.28. The first-order valence-corrected chi connectivity index (χ1v) is 7.98. The molecule has 1 N–H and O–H groups in total. The van der Waals surface area contributed by atoms with Crippen LogP contribution >= 0.6 is 0 Å². The van der Waals surface area contributed by atoms with E-state index in [4.69, 9.17) is 0 Å². The van der Waals surface area contributed by atoms with Gasteiger partial charge in [-0.3, -0.25) is 0 Å². The molecule has 3 rings (SSSR count). The summed E-state index contributed by atoms with van der Waals surface area (Å²) in [5, 5.41) is 5.16. The third-order valence-corrected chi connectivity index (χ3v) is 4.56. The van der Waals surface area contributed by atoms with E-state index in [-0.39, 0.29) is 0 Å². The number of benzene rings is 1. The molecule has 2 nitrogen and oxygen atoms in total. The number of aryl methyl sites for hydroxylation is 1. The molecule has 0 unspecified atom stereocenters. The Bertz CT molecular complexity index is 589. The second-order valence-electron chi connectivity index (χ2n) is 6.54. The molecule has 1 aliphatic rings. The minimum absolute atomic E-state index is 0.513. The van der Waals surface area contributed by atoms with E-state index in [1.165, 1.54) is 47.7 Å². The van der Waals surface area contributed by atoms with Gasteiger partial charge in [-0.25, -0.2) is 0 Å². The molecule has 2 aromatic rings. The second kappa shape index (κ2) is 5.61. The molecule has 0 bridgehead atoms. The number of rotatable bonds is 4. The van der Waals surface area contributed by atoms with Crippen molar-refractivity contribution < 1.29 is 0 Å². The summed E-state index contributed by atoms with van der Waals surface area (Å²) in [5.74, 6) is 0. The smallest absolute Gasteiger partial charge is 0.0488 e. The standard InChI is InChI=1S/C18H26N2/c1-13(2)20-12-15(11-19-16-6-4-5-7-16)17-9-8-14(3)10-18(17)20/h8-10,12-13,16,19H,4-7,11H2,1-3H3. The van der Waals surface area contributed by atoms with E-state index in [0.29, 0.717) is 6.04 Å². The first-order valence-electron chi connectivity index (χ1n) is 7.98. The number of fused-ring (bicyclic) bond motifs is 1. The summed E-state index contributed by atoms with van der Waals surface area (Å²) >= 11 is 0. The van der Waals surface area contributed by atoms with Crippen LogP contribution in [0.5, 0.6) is 0 Å². The lowest BCUT2D eigenvalue weighted by molar-refractivity contribution is 0.523. The number of nitrogens with zero attached hydrogens (tertiary/aromatic N) is 1. The van der Waals surface area contributed by atoms with E-state index in [0.717, 1.165) is 12.6 Å². The molecular weight excluding hydrogens is 244 g/mol. The minimum Gasteiger partial charge on any atom is -0.345 e. The maximum Gasteiger partial charge on any atom is 0.0488 e. The molecule has 0 aliphatic heterocycles. The second-order valence-corrected chi connectivity index (χ2v) is 6.54. The Morgan fingerprint density at radius 3 is 2.70 bits per heavy atom. The van der Waals surface area contributed by atoms with Crippen molar-refractivity contribution >= 4 is 10.9 Å². The molecular formula is C18H26N2. The van der Waals surface area contributed by atoms with Crippen molar-refractivity contribution in [1.82, 2.24) is 9.88 Å². The lowest BCUT2D eigenvalue weighted by Gasteiger charge is -2.11. The quantitative estimate of drug-likeness (QED) is 0.861. The van der Waals surface area contributed by atoms with Gasteiger partial charge in [0.15, 0.2) is 0 Å². The summed E-state index contributed by atoms with van der Waals surface area (Å²) in [6.07, 6.45) is 7.83. The molecule has 0 saturated heterocycles. The largest absolute Gasteiger partial charge is 0.345 e. The van der Waals surface area contributed by atoms with E-state index < -0.39 is 0 Å². The molecule has 1 aromatic heterocycles. The van der Waals surface area contributed by atoms with Crippen molar-refractivity contribution in [3.8, 4) is 0 Å². The van der Waals surface area contributed by atoms with Gasteiger partial charge in [0.1, 0.15) is 0 Å². The molecule has 2 heteroatoms. The monoisotopic (exact) mass is 270 g/mol. The minimum atomic E-state index is 0.513. The van der Waals surface area contributed by atoms with Gasteiger partial charge >= 0.3 is 0 Å². The maximum absolute atomic E-state index is 3.74. The Balaban J connectivity index is 1.89. The molecule has 1 saturated carbocycles. The lowest BCUT2D eigenvalue weighted by Crippen LogP contribution is -2.25. The predicted octanol–water partition coefficient (Wildman–Crippen LogP) is 4.56. The topological polar surface area (TPSA) is 17.0 Å². The van der Waals surface area contributed by atoms with Gasteiger partial charge in [-0.2, -0.15) is 0 Å². The highest BCUT2D eigenvalue weighted by atomic mass is 15.0. The summed E-state index contributed by atoms with van der Waals surface area (Å²) in [7, 11) is 0. The fourth-order valence-corrected chi connectivity index (χ4v) is 3.39. The average molecular weight is 270 g/mol. The van der Waals surface area contributed by atoms with E-state index in [1.54, 1.807) is 0 Å². The van der Waals surface area contributed by atoms with Crippen LogP contribution in [0.1, 0.15) is 56.7 Å². The zero-order chi connectivity index (χ0) is 14.1. The number of hydrogen-bond donors (Lipinski definition) is 1. The van der Waals surface area contributed by atoms with E-state index in [1.807, 2.05) is 0 Å². The van der Waals surface area contributed by atoms with Crippen LogP contribution in [0.2, 0.25) is 0 Å². The number of nitrogens with one attached hydrogen (secondary N) is 1. The average Bonchev–Trinajstić information content (AvgIpc) is 3.02. The molecule has 108 valence electrons. The Morgan fingerprint density at radius 2 is 2.00 bits per heavy atom. The Morgan fingerprint density at radius 1 is 1.25 bits per heavy atom. The first kappa shape index (κ1) is 13.7. The summed E-state index contributed by atoms with van der Waals surface area (Å²) in [4.78, 5) is 0. The third-order valence-electron chi connectivity index (χ3n) is 4.56. The molecule has 20 heavy (non-hydrogen) atoms. The highest BCUT2D eigenvalue weighted by Gasteiger charge is 2.16. The van der Waals surface area contributed by atoms with Crippen molar-refractivity contribution in [3.63, 3.8) is 0 Å². The molecule has 0 atom stereocenters. The van der Waals surface area contributed by atoms with Crippen LogP contribution in [0.4, 0.5) is 0 Å². The van der Waals surface area contributed by atoms with Gasteiger partial charge in [0.2, 0.25) is 0 Å². The van der Waals surface area contributed by atoms with Crippen molar-refractivity contribution in [1.29, 1.82) is 0 Å². The Labute approximate surface area is 122 Å². The molecule has 1 aliphatic carbocycles.